The van der Waals surface area contributed by atoms with Gasteiger partial charge in [0.2, 0.25) is 5.91 Å². The number of nitrogens with zero attached hydrogens (tertiary/aromatic N) is 3. The summed E-state index contributed by atoms with van der Waals surface area (Å²) in [4.78, 5) is 24.8. The minimum Gasteiger partial charge on any atom is -0.486 e. The molecule has 9 nitrogen and oxygen atoms in total. The summed E-state index contributed by atoms with van der Waals surface area (Å²) in [6.45, 7) is 2.96. The number of aryl methyl sites for hydroxylation is 1. The van der Waals surface area contributed by atoms with Crippen molar-refractivity contribution >= 4 is 29.3 Å². The quantitative estimate of drug-likeness (QED) is 0.530. The first-order valence-electron chi connectivity index (χ1n) is 10.1. The molecule has 0 fully saturated rings. The van der Waals surface area contributed by atoms with Gasteiger partial charge in [0.25, 0.3) is 5.91 Å². The number of amides is 2. The summed E-state index contributed by atoms with van der Waals surface area (Å²) in [7, 11) is 1.82. The Hall–Kier alpha value is -3.53. The molecular formula is C22H23N5O4S. The fourth-order valence-corrected chi connectivity index (χ4v) is 3.82. The summed E-state index contributed by atoms with van der Waals surface area (Å²) >= 11 is 1.30. The van der Waals surface area contributed by atoms with Gasteiger partial charge in [0.1, 0.15) is 19.5 Å². The van der Waals surface area contributed by atoms with E-state index in [-0.39, 0.29) is 23.6 Å². The third-order valence-corrected chi connectivity index (χ3v) is 5.88. The van der Waals surface area contributed by atoms with Crippen molar-refractivity contribution in [3.8, 4) is 11.5 Å². The van der Waals surface area contributed by atoms with Gasteiger partial charge in [-0.05, 0) is 48.9 Å². The number of carbonyl (C=O) groups is 2. The average molecular weight is 454 g/mol. The Kier molecular flexibility index (Phi) is 6.60. The van der Waals surface area contributed by atoms with Gasteiger partial charge in [0.15, 0.2) is 16.7 Å². The fourth-order valence-electron chi connectivity index (χ4n) is 3.13. The predicted molar refractivity (Wildman–Crippen MR) is 120 cm³/mol. The van der Waals surface area contributed by atoms with E-state index in [1.54, 1.807) is 35.2 Å². The summed E-state index contributed by atoms with van der Waals surface area (Å²) in [5.74, 6) is 1.24. The standard InChI is InChI=1S/C22H23N5O4S/c1-14(16-5-8-18-19(11-16)31-10-9-30-18)24-21(29)15-3-6-17(7-4-15)25-20(28)12-32-22-26-23-13-27(22)2/h3-8,11,13-14H,9-10,12H2,1-2H3,(H,24,29)(H,25,28)/t14-/m1/s1. The minimum atomic E-state index is -0.213. The van der Waals surface area contributed by atoms with Crippen molar-refractivity contribution in [2.24, 2.45) is 7.05 Å². The molecule has 1 aromatic heterocycles. The summed E-state index contributed by atoms with van der Waals surface area (Å²) in [6, 6.07) is 12.2. The van der Waals surface area contributed by atoms with Crippen LogP contribution >= 0.6 is 11.8 Å². The maximum absolute atomic E-state index is 12.6. The van der Waals surface area contributed by atoms with Crippen LogP contribution in [0.4, 0.5) is 5.69 Å². The van der Waals surface area contributed by atoms with E-state index < -0.39 is 0 Å². The summed E-state index contributed by atoms with van der Waals surface area (Å²) in [5.41, 5.74) is 2.04. The highest BCUT2D eigenvalue weighted by Crippen LogP contribution is 2.32. The van der Waals surface area contributed by atoms with Crippen LogP contribution in [0.2, 0.25) is 0 Å². The number of carbonyl (C=O) groups excluding carboxylic acids is 2. The molecular weight excluding hydrogens is 430 g/mol. The number of aromatic nitrogens is 3. The molecule has 2 aromatic carbocycles. The summed E-state index contributed by atoms with van der Waals surface area (Å²) < 4.78 is 12.9. The molecule has 10 heteroatoms. The van der Waals surface area contributed by atoms with Gasteiger partial charge < -0.3 is 24.7 Å². The van der Waals surface area contributed by atoms with Gasteiger partial charge in [-0.1, -0.05) is 17.8 Å². The number of ether oxygens (including phenoxy) is 2. The highest BCUT2D eigenvalue weighted by molar-refractivity contribution is 7.99. The van der Waals surface area contributed by atoms with Crippen molar-refractivity contribution < 1.29 is 19.1 Å². The molecule has 0 aliphatic carbocycles. The van der Waals surface area contributed by atoms with Crippen LogP contribution in [0.1, 0.15) is 28.9 Å². The molecule has 1 aliphatic rings. The van der Waals surface area contributed by atoms with Gasteiger partial charge in [-0.3, -0.25) is 9.59 Å². The number of hydrogen-bond donors (Lipinski definition) is 2. The lowest BCUT2D eigenvalue weighted by molar-refractivity contribution is -0.113. The Bertz CT molecular complexity index is 1120. The number of rotatable bonds is 7. The molecule has 2 amide bonds. The predicted octanol–water partition coefficient (Wildman–Crippen LogP) is 2.81. The molecule has 166 valence electrons. The smallest absolute Gasteiger partial charge is 0.251 e. The van der Waals surface area contributed by atoms with Crippen LogP contribution in [0.3, 0.4) is 0 Å². The van der Waals surface area contributed by atoms with Gasteiger partial charge in [0.05, 0.1) is 11.8 Å². The SMILES string of the molecule is C[C@@H](NC(=O)c1ccc(NC(=O)CSc2nncn2C)cc1)c1ccc2c(c1)OCCO2. The van der Waals surface area contributed by atoms with Crippen LogP contribution in [0.25, 0.3) is 0 Å². The molecule has 1 atom stereocenters. The first-order valence-corrected chi connectivity index (χ1v) is 11.1. The van der Waals surface area contributed by atoms with Gasteiger partial charge in [0, 0.05) is 18.3 Å². The second-order valence-corrected chi connectivity index (χ2v) is 8.18. The summed E-state index contributed by atoms with van der Waals surface area (Å²) in [6.07, 6.45) is 1.58. The number of benzene rings is 2. The average Bonchev–Trinajstić information content (AvgIpc) is 3.22. The van der Waals surface area contributed by atoms with Crippen LogP contribution in [0.15, 0.2) is 53.9 Å². The van der Waals surface area contributed by atoms with Crippen LogP contribution in [-0.2, 0) is 11.8 Å². The Morgan fingerprint density at radius 1 is 1.12 bits per heavy atom. The van der Waals surface area contributed by atoms with E-state index in [2.05, 4.69) is 20.8 Å². The zero-order chi connectivity index (χ0) is 22.5. The number of hydrogen-bond acceptors (Lipinski definition) is 7. The lowest BCUT2D eigenvalue weighted by Crippen LogP contribution is -2.27. The third-order valence-electron chi connectivity index (χ3n) is 4.85. The molecule has 32 heavy (non-hydrogen) atoms. The van der Waals surface area contributed by atoms with Crippen molar-refractivity contribution in [2.75, 3.05) is 24.3 Å². The van der Waals surface area contributed by atoms with E-state index in [1.807, 2.05) is 32.2 Å². The normalized spacial score (nSPS) is 13.3. The molecule has 1 aliphatic heterocycles. The molecule has 0 saturated carbocycles. The van der Waals surface area contributed by atoms with Crippen LogP contribution in [-0.4, -0.2) is 45.5 Å². The highest BCUT2D eigenvalue weighted by atomic mass is 32.2. The van der Waals surface area contributed by atoms with Crippen LogP contribution < -0.4 is 20.1 Å². The number of anilines is 1. The van der Waals surface area contributed by atoms with Gasteiger partial charge in [-0.15, -0.1) is 10.2 Å². The molecule has 0 bridgehead atoms. The van der Waals surface area contributed by atoms with Crippen molar-refractivity contribution in [3.05, 3.63) is 59.9 Å². The Balaban J connectivity index is 1.30. The molecule has 4 rings (SSSR count). The van der Waals surface area contributed by atoms with Gasteiger partial charge >= 0.3 is 0 Å². The van der Waals surface area contributed by atoms with Crippen molar-refractivity contribution in [1.29, 1.82) is 0 Å². The summed E-state index contributed by atoms with van der Waals surface area (Å²) in [5, 5.41) is 14.2. The number of nitrogens with one attached hydrogen (secondary N) is 2. The van der Waals surface area contributed by atoms with E-state index in [0.717, 1.165) is 5.56 Å². The number of thioether (sulfide) groups is 1. The Labute approximate surface area is 189 Å². The van der Waals surface area contributed by atoms with E-state index in [1.165, 1.54) is 11.8 Å². The lowest BCUT2D eigenvalue weighted by atomic mass is 10.1. The van der Waals surface area contributed by atoms with E-state index in [4.69, 9.17) is 9.47 Å². The van der Waals surface area contributed by atoms with E-state index in [9.17, 15) is 9.59 Å². The maximum Gasteiger partial charge on any atom is 0.251 e. The van der Waals surface area contributed by atoms with Crippen molar-refractivity contribution in [2.45, 2.75) is 18.1 Å². The first-order chi connectivity index (χ1) is 15.5. The molecule has 0 saturated heterocycles. The van der Waals surface area contributed by atoms with Crippen LogP contribution in [0.5, 0.6) is 11.5 Å². The monoisotopic (exact) mass is 453 g/mol. The highest BCUT2D eigenvalue weighted by Gasteiger charge is 2.16. The topological polar surface area (TPSA) is 107 Å². The van der Waals surface area contributed by atoms with Crippen molar-refractivity contribution in [3.63, 3.8) is 0 Å². The van der Waals surface area contributed by atoms with E-state index in [0.29, 0.717) is 41.1 Å². The molecule has 3 aromatic rings. The Morgan fingerprint density at radius 2 is 1.88 bits per heavy atom. The maximum atomic E-state index is 12.6. The third kappa shape index (κ3) is 5.20. The molecule has 0 spiro atoms. The number of fused-ring (bicyclic) bond motifs is 1. The molecule has 0 radical (unpaired) electrons. The van der Waals surface area contributed by atoms with Crippen molar-refractivity contribution in [1.82, 2.24) is 20.1 Å². The second kappa shape index (κ2) is 9.73. The fraction of sp³-hybridized carbons (Fsp3) is 0.273. The van der Waals surface area contributed by atoms with E-state index >= 15 is 0 Å². The second-order valence-electron chi connectivity index (χ2n) is 7.24. The lowest BCUT2D eigenvalue weighted by Gasteiger charge is -2.21. The molecule has 2 N–H and O–H groups in total. The minimum absolute atomic E-state index is 0.164. The molecule has 0 unspecified atom stereocenters. The van der Waals surface area contributed by atoms with Gasteiger partial charge in [-0.25, -0.2) is 0 Å². The zero-order valence-corrected chi connectivity index (χ0v) is 18.5. The zero-order valence-electron chi connectivity index (χ0n) is 17.7. The Morgan fingerprint density at radius 3 is 2.59 bits per heavy atom. The van der Waals surface area contributed by atoms with Gasteiger partial charge in [-0.2, -0.15) is 0 Å². The first kappa shape index (κ1) is 21.7. The van der Waals surface area contributed by atoms with Crippen LogP contribution in [0, 0.1) is 0 Å². The molecule has 2 heterocycles. The largest absolute Gasteiger partial charge is 0.486 e.